The third-order valence-corrected chi connectivity index (χ3v) is 6.68. The molecule has 1 amide bonds. The molecular formula is C23H30N4O5S. The lowest BCUT2D eigenvalue weighted by atomic mass is 10.1. The Morgan fingerprint density at radius 2 is 1.76 bits per heavy atom. The highest BCUT2D eigenvalue weighted by atomic mass is 32.2. The van der Waals surface area contributed by atoms with Gasteiger partial charge in [0.2, 0.25) is 5.91 Å². The van der Waals surface area contributed by atoms with Crippen LogP contribution >= 0.6 is 0 Å². The summed E-state index contributed by atoms with van der Waals surface area (Å²) in [7, 11) is -3.91. The number of carbonyl (C=O) groups excluding carboxylic acids is 1. The van der Waals surface area contributed by atoms with Gasteiger partial charge in [0.1, 0.15) is 0 Å². The van der Waals surface area contributed by atoms with E-state index < -0.39 is 16.0 Å². The van der Waals surface area contributed by atoms with Crippen LogP contribution in [-0.4, -0.2) is 69.1 Å². The molecule has 1 aliphatic rings. The Labute approximate surface area is 194 Å². The van der Waals surface area contributed by atoms with Crippen LogP contribution in [0.3, 0.4) is 0 Å². The summed E-state index contributed by atoms with van der Waals surface area (Å²) in [6, 6.07) is 11.0. The third-order valence-electron chi connectivity index (χ3n) is 5.32. The smallest absolute Gasteiger partial charge is 0.335 e. The molecule has 0 spiro atoms. The number of hydrogen-bond donors (Lipinski definition) is 3. The minimum Gasteiger partial charge on any atom is -0.478 e. The van der Waals surface area contributed by atoms with E-state index in [1.807, 2.05) is 23.6 Å². The van der Waals surface area contributed by atoms with Crippen LogP contribution in [0.25, 0.3) is 0 Å². The number of amides is 1. The summed E-state index contributed by atoms with van der Waals surface area (Å²) in [5.74, 6) is -1.17. The van der Waals surface area contributed by atoms with E-state index in [1.54, 1.807) is 31.2 Å². The summed E-state index contributed by atoms with van der Waals surface area (Å²) in [4.78, 5) is 27.7. The van der Waals surface area contributed by atoms with Crippen molar-refractivity contribution in [2.45, 2.75) is 31.7 Å². The molecule has 10 heteroatoms. The first kappa shape index (κ1) is 24.5. The molecule has 9 nitrogen and oxygen atoms in total. The average molecular weight is 475 g/mol. The van der Waals surface area contributed by atoms with Crippen LogP contribution < -0.4 is 14.9 Å². The van der Waals surface area contributed by atoms with Gasteiger partial charge in [0.15, 0.2) is 0 Å². The van der Waals surface area contributed by atoms with Gasteiger partial charge in [-0.1, -0.05) is 12.1 Å². The van der Waals surface area contributed by atoms with Gasteiger partial charge in [0.25, 0.3) is 10.0 Å². The Morgan fingerprint density at radius 1 is 1.06 bits per heavy atom. The van der Waals surface area contributed by atoms with Gasteiger partial charge in [-0.25, -0.2) is 13.2 Å². The lowest BCUT2D eigenvalue weighted by Gasteiger charge is -2.36. The molecule has 0 aliphatic carbocycles. The number of benzene rings is 2. The van der Waals surface area contributed by atoms with Crippen molar-refractivity contribution in [2.75, 3.05) is 42.3 Å². The van der Waals surface area contributed by atoms with Crippen molar-refractivity contribution < 1.29 is 23.1 Å². The molecule has 0 atom stereocenters. The summed E-state index contributed by atoms with van der Waals surface area (Å²) in [5, 5.41) is 12.3. The van der Waals surface area contributed by atoms with E-state index in [2.05, 4.69) is 10.0 Å². The molecule has 1 aliphatic heterocycles. The normalized spacial score (nSPS) is 14.8. The van der Waals surface area contributed by atoms with Gasteiger partial charge in [-0.05, 0) is 56.7 Å². The molecule has 3 N–H and O–H groups in total. The molecule has 178 valence electrons. The van der Waals surface area contributed by atoms with Crippen molar-refractivity contribution in [1.82, 2.24) is 10.2 Å². The Balaban J connectivity index is 1.80. The SMILES string of the molecule is Cc1cccc(S(=O)(=O)Nc2cc(C(=O)O)ccc2N2CCN(CC(=O)NC(C)C)CC2)c1. The van der Waals surface area contributed by atoms with Crippen LogP contribution in [-0.2, 0) is 14.8 Å². The second-order valence-electron chi connectivity index (χ2n) is 8.44. The second kappa shape index (κ2) is 10.2. The number of carboxylic acids is 1. The first-order chi connectivity index (χ1) is 15.5. The first-order valence-corrected chi connectivity index (χ1v) is 12.3. The van der Waals surface area contributed by atoms with Crippen LogP contribution in [0.1, 0.15) is 29.8 Å². The van der Waals surface area contributed by atoms with Gasteiger partial charge in [0.05, 0.1) is 28.4 Å². The number of sulfonamides is 1. The molecule has 0 radical (unpaired) electrons. The molecule has 0 saturated carbocycles. The van der Waals surface area contributed by atoms with E-state index in [1.165, 1.54) is 18.2 Å². The lowest BCUT2D eigenvalue weighted by molar-refractivity contribution is -0.122. The van der Waals surface area contributed by atoms with Crippen LogP contribution in [0, 0.1) is 6.92 Å². The summed E-state index contributed by atoms with van der Waals surface area (Å²) in [6.07, 6.45) is 0. The number of nitrogens with one attached hydrogen (secondary N) is 2. The number of anilines is 2. The molecule has 1 fully saturated rings. The minimum atomic E-state index is -3.91. The van der Waals surface area contributed by atoms with Gasteiger partial charge < -0.3 is 15.3 Å². The zero-order chi connectivity index (χ0) is 24.2. The van der Waals surface area contributed by atoms with Crippen LogP contribution in [0.5, 0.6) is 0 Å². The fourth-order valence-corrected chi connectivity index (χ4v) is 4.90. The molecule has 3 rings (SSSR count). The summed E-state index contributed by atoms with van der Waals surface area (Å²) in [5.41, 5.74) is 1.60. The molecule has 0 bridgehead atoms. The summed E-state index contributed by atoms with van der Waals surface area (Å²) in [6.45, 7) is 8.31. The first-order valence-electron chi connectivity index (χ1n) is 10.8. The van der Waals surface area contributed by atoms with Gasteiger partial charge in [-0.15, -0.1) is 0 Å². The monoisotopic (exact) mass is 474 g/mol. The zero-order valence-electron chi connectivity index (χ0n) is 19.0. The van der Waals surface area contributed by atoms with Crippen molar-refractivity contribution >= 4 is 33.3 Å². The maximum atomic E-state index is 13.0. The number of aromatic carboxylic acids is 1. The summed E-state index contributed by atoms with van der Waals surface area (Å²) < 4.78 is 28.6. The van der Waals surface area contributed by atoms with E-state index in [0.717, 1.165) is 5.56 Å². The molecule has 1 saturated heterocycles. The predicted molar refractivity (Wildman–Crippen MR) is 127 cm³/mol. The Bertz CT molecular complexity index is 1130. The Morgan fingerprint density at radius 3 is 2.36 bits per heavy atom. The zero-order valence-corrected chi connectivity index (χ0v) is 19.9. The van der Waals surface area contributed by atoms with Gasteiger partial charge in [0, 0.05) is 32.2 Å². The standard InChI is InChI=1S/C23H30N4O5S/c1-16(2)24-22(28)15-26-9-11-27(12-10-26)21-8-7-18(23(29)30)14-20(21)25-33(31,32)19-6-4-5-17(3)13-19/h4-8,13-14,16,25H,9-12,15H2,1-3H3,(H,24,28)(H,29,30). The van der Waals surface area contributed by atoms with Crippen molar-refractivity contribution in [3.8, 4) is 0 Å². The van der Waals surface area contributed by atoms with Crippen molar-refractivity contribution in [1.29, 1.82) is 0 Å². The Kier molecular flexibility index (Phi) is 7.60. The van der Waals surface area contributed by atoms with Crippen LogP contribution in [0.4, 0.5) is 11.4 Å². The number of hydrogen-bond acceptors (Lipinski definition) is 6. The van der Waals surface area contributed by atoms with E-state index >= 15 is 0 Å². The third kappa shape index (κ3) is 6.45. The number of carboxylic acid groups (broad SMARTS) is 1. The number of piperazine rings is 1. The fraction of sp³-hybridized carbons (Fsp3) is 0.391. The highest BCUT2D eigenvalue weighted by Crippen LogP contribution is 2.30. The topological polar surface area (TPSA) is 119 Å². The van der Waals surface area contributed by atoms with Gasteiger partial charge in [-0.3, -0.25) is 14.4 Å². The van der Waals surface area contributed by atoms with Gasteiger partial charge >= 0.3 is 5.97 Å². The van der Waals surface area contributed by atoms with Crippen LogP contribution in [0.15, 0.2) is 47.4 Å². The van der Waals surface area contributed by atoms with Gasteiger partial charge in [-0.2, -0.15) is 0 Å². The van der Waals surface area contributed by atoms with E-state index in [9.17, 15) is 23.1 Å². The predicted octanol–water partition coefficient (Wildman–Crippen LogP) is 2.14. The largest absolute Gasteiger partial charge is 0.478 e. The number of rotatable bonds is 8. The number of aryl methyl sites for hydroxylation is 1. The highest BCUT2D eigenvalue weighted by Gasteiger charge is 2.24. The van der Waals surface area contributed by atoms with E-state index in [-0.39, 0.29) is 28.1 Å². The molecule has 1 heterocycles. The minimum absolute atomic E-state index is 0.00955. The van der Waals surface area contributed by atoms with E-state index in [0.29, 0.717) is 38.4 Å². The van der Waals surface area contributed by atoms with Crippen molar-refractivity contribution in [3.05, 3.63) is 53.6 Å². The molecule has 33 heavy (non-hydrogen) atoms. The summed E-state index contributed by atoms with van der Waals surface area (Å²) >= 11 is 0. The maximum Gasteiger partial charge on any atom is 0.335 e. The lowest BCUT2D eigenvalue weighted by Crippen LogP contribution is -2.50. The van der Waals surface area contributed by atoms with Crippen molar-refractivity contribution in [2.24, 2.45) is 0 Å². The van der Waals surface area contributed by atoms with Crippen molar-refractivity contribution in [3.63, 3.8) is 0 Å². The quantitative estimate of drug-likeness (QED) is 0.536. The number of carbonyl (C=O) groups is 2. The number of nitrogens with zero attached hydrogens (tertiary/aromatic N) is 2. The molecule has 2 aromatic carbocycles. The average Bonchev–Trinajstić information content (AvgIpc) is 2.73. The van der Waals surface area contributed by atoms with E-state index in [4.69, 9.17) is 0 Å². The molecule has 0 aromatic heterocycles. The van der Waals surface area contributed by atoms with Crippen LogP contribution in [0.2, 0.25) is 0 Å². The second-order valence-corrected chi connectivity index (χ2v) is 10.1. The Hall–Kier alpha value is -3.11. The molecule has 0 unspecified atom stereocenters. The highest BCUT2D eigenvalue weighted by molar-refractivity contribution is 7.92. The maximum absolute atomic E-state index is 13.0. The molecule has 2 aromatic rings. The fourth-order valence-electron chi connectivity index (χ4n) is 3.73. The molecular weight excluding hydrogens is 444 g/mol.